The molecule has 0 spiro atoms. The molecule has 4 nitrogen and oxygen atoms in total. The lowest BCUT2D eigenvalue weighted by molar-refractivity contribution is 0.400. The van der Waals surface area contributed by atoms with E-state index in [0.717, 1.165) is 37.9 Å². The molecule has 1 heterocycles. The number of hydrogen-bond donors (Lipinski definition) is 1. The molecule has 0 amide bonds. The maximum Gasteiger partial charge on any atom is 0.0445 e. The summed E-state index contributed by atoms with van der Waals surface area (Å²) in [5, 5.41) is 3.61. The van der Waals surface area contributed by atoms with Gasteiger partial charge < -0.3 is 15.1 Å². The van der Waals surface area contributed by atoms with Crippen molar-refractivity contribution in [1.82, 2.24) is 15.2 Å². The first-order valence-electron chi connectivity index (χ1n) is 8.18. The fraction of sp³-hybridized carbons (Fsp3) is 0.706. The van der Waals surface area contributed by atoms with Gasteiger partial charge in [-0.2, -0.15) is 0 Å². The second-order valence-corrected chi connectivity index (χ2v) is 6.35. The first kappa shape index (κ1) is 16.2. The zero-order valence-electron chi connectivity index (χ0n) is 14.0. The van der Waals surface area contributed by atoms with Crippen LogP contribution in [0.5, 0.6) is 0 Å². The van der Waals surface area contributed by atoms with Crippen molar-refractivity contribution < 1.29 is 0 Å². The molecule has 1 aliphatic rings. The van der Waals surface area contributed by atoms with Gasteiger partial charge in [0.25, 0.3) is 0 Å². The predicted octanol–water partition coefficient (Wildman–Crippen LogP) is 2.42. The summed E-state index contributed by atoms with van der Waals surface area (Å²) in [7, 11) is 4.27. The average Bonchev–Trinajstić information content (AvgIpc) is 3.26. The molecule has 118 valence electrons. The van der Waals surface area contributed by atoms with E-state index in [1.807, 2.05) is 0 Å². The number of anilines is 1. The topological polar surface area (TPSA) is 31.4 Å². The summed E-state index contributed by atoms with van der Waals surface area (Å²) in [5.74, 6) is 0. The fourth-order valence-corrected chi connectivity index (χ4v) is 2.57. The molecule has 0 radical (unpaired) electrons. The van der Waals surface area contributed by atoms with Gasteiger partial charge in [0.1, 0.15) is 0 Å². The summed E-state index contributed by atoms with van der Waals surface area (Å²) in [6.07, 6.45) is 5.90. The van der Waals surface area contributed by atoms with E-state index < -0.39 is 0 Å². The van der Waals surface area contributed by atoms with Crippen LogP contribution in [0.4, 0.5) is 5.69 Å². The minimum atomic E-state index is 0.739. The Morgan fingerprint density at radius 1 is 1.29 bits per heavy atom. The van der Waals surface area contributed by atoms with Crippen molar-refractivity contribution in [2.45, 2.75) is 45.7 Å². The third kappa shape index (κ3) is 5.29. The second-order valence-electron chi connectivity index (χ2n) is 6.35. The van der Waals surface area contributed by atoms with Crippen molar-refractivity contribution in [3.63, 3.8) is 0 Å². The Bertz CT molecular complexity index is 440. The Morgan fingerprint density at radius 3 is 2.67 bits per heavy atom. The number of aryl methyl sites for hydroxylation is 1. The van der Waals surface area contributed by atoms with E-state index in [4.69, 9.17) is 0 Å². The van der Waals surface area contributed by atoms with Crippen molar-refractivity contribution >= 4 is 5.69 Å². The molecule has 1 N–H and O–H groups in total. The zero-order chi connectivity index (χ0) is 15.2. The molecule has 0 bridgehead atoms. The van der Waals surface area contributed by atoms with E-state index >= 15 is 0 Å². The first-order valence-corrected chi connectivity index (χ1v) is 8.18. The standard InChI is InChI=1S/C17H30N4/c1-5-21(10-6-9-20(3)4)17-11-14(2)18-12-15(17)13-19-16-7-8-16/h11-12,16,19H,5-10,13H2,1-4H3. The average molecular weight is 290 g/mol. The minimum Gasteiger partial charge on any atom is -0.371 e. The van der Waals surface area contributed by atoms with Gasteiger partial charge in [0, 0.05) is 48.8 Å². The normalized spacial score (nSPS) is 14.7. The summed E-state index contributed by atoms with van der Waals surface area (Å²) >= 11 is 0. The van der Waals surface area contributed by atoms with Crippen molar-refractivity contribution in [3.05, 3.63) is 23.5 Å². The Labute approximate surface area is 129 Å². The highest BCUT2D eigenvalue weighted by Gasteiger charge is 2.21. The van der Waals surface area contributed by atoms with Gasteiger partial charge in [0.2, 0.25) is 0 Å². The molecule has 1 aliphatic carbocycles. The van der Waals surface area contributed by atoms with Gasteiger partial charge in [-0.25, -0.2) is 0 Å². The number of nitrogens with zero attached hydrogens (tertiary/aromatic N) is 3. The van der Waals surface area contributed by atoms with Crippen LogP contribution in [0.25, 0.3) is 0 Å². The van der Waals surface area contributed by atoms with Crippen LogP contribution in [0.15, 0.2) is 12.3 Å². The summed E-state index contributed by atoms with van der Waals surface area (Å²) in [6, 6.07) is 2.98. The summed E-state index contributed by atoms with van der Waals surface area (Å²) in [5.41, 5.74) is 3.79. The zero-order valence-corrected chi connectivity index (χ0v) is 14.0. The minimum absolute atomic E-state index is 0.739. The largest absolute Gasteiger partial charge is 0.371 e. The van der Waals surface area contributed by atoms with Gasteiger partial charge in [-0.1, -0.05) is 0 Å². The van der Waals surface area contributed by atoms with E-state index in [0.29, 0.717) is 0 Å². The van der Waals surface area contributed by atoms with Crippen molar-refractivity contribution in [3.8, 4) is 0 Å². The third-order valence-corrected chi connectivity index (χ3v) is 4.01. The van der Waals surface area contributed by atoms with Gasteiger partial charge in [0.15, 0.2) is 0 Å². The Kier molecular flexibility index (Phi) is 6.00. The lowest BCUT2D eigenvalue weighted by atomic mass is 10.1. The SMILES string of the molecule is CCN(CCCN(C)C)c1cc(C)ncc1CNC1CC1. The molecular weight excluding hydrogens is 260 g/mol. The van der Waals surface area contributed by atoms with E-state index in [1.54, 1.807) is 0 Å². The lowest BCUT2D eigenvalue weighted by Gasteiger charge is -2.27. The van der Waals surface area contributed by atoms with Crippen LogP contribution in [0.1, 0.15) is 37.4 Å². The van der Waals surface area contributed by atoms with Crippen LogP contribution in [0.2, 0.25) is 0 Å². The van der Waals surface area contributed by atoms with E-state index in [2.05, 4.69) is 60.3 Å². The van der Waals surface area contributed by atoms with E-state index in [1.165, 1.54) is 30.5 Å². The first-order chi connectivity index (χ1) is 10.1. The summed E-state index contributed by atoms with van der Waals surface area (Å²) < 4.78 is 0. The Balaban J connectivity index is 2.03. The van der Waals surface area contributed by atoms with Crippen molar-refractivity contribution in [2.75, 3.05) is 38.6 Å². The maximum absolute atomic E-state index is 4.49. The Morgan fingerprint density at radius 2 is 2.05 bits per heavy atom. The molecule has 4 heteroatoms. The maximum atomic E-state index is 4.49. The van der Waals surface area contributed by atoms with Crippen LogP contribution < -0.4 is 10.2 Å². The van der Waals surface area contributed by atoms with E-state index in [-0.39, 0.29) is 0 Å². The van der Waals surface area contributed by atoms with Crippen LogP contribution >= 0.6 is 0 Å². The molecule has 1 saturated carbocycles. The molecule has 0 unspecified atom stereocenters. The summed E-state index contributed by atoms with van der Waals surface area (Å²) in [6.45, 7) is 8.55. The number of hydrogen-bond acceptors (Lipinski definition) is 4. The van der Waals surface area contributed by atoms with Crippen molar-refractivity contribution in [2.24, 2.45) is 0 Å². The highest BCUT2D eigenvalue weighted by atomic mass is 15.1. The molecule has 0 aromatic carbocycles. The highest BCUT2D eigenvalue weighted by molar-refractivity contribution is 5.53. The number of nitrogens with one attached hydrogen (secondary N) is 1. The van der Waals surface area contributed by atoms with Crippen LogP contribution in [-0.2, 0) is 6.54 Å². The summed E-state index contributed by atoms with van der Waals surface area (Å²) in [4.78, 5) is 9.23. The fourth-order valence-electron chi connectivity index (χ4n) is 2.57. The van der Waals surface area contributed by atoms with E-state index in [9.17, 15) is 0 Å². The van der Waals surface area contributed by atoms with Crippen LogP contribution in [0, 0.1) is 6.92 Å². The molecule has 1 aromatic rings. The lowest BCUT2D eigenvalue weighted by Crippen LogP contribution is -2.29. The monoisotopic (exact) mass is 290 g/mol. The number of rotatable bonds is 9. The predicted molar refractivity (Wildman–Crippen MR) is 89.9 cm³/mol. The molecule has 1 aromatic heterocycles. The molecular formula is C17H30N4. The molecule has 0 aliphatic heterocycles. The smallest absolute Gasteiger partial charge is 0.0445 e. The van der Waals surface area contributed by atoms with Crippen molar-refractivity contribution in [1.29, 1.82) is 0 Å². The Hall–Kier alpha value is -1.13. The quantitative estimate of drug-likeness (QED) is 0.757. The van der Waals surface area contributed by atoms with Gasteiger partial charge in [-0.05, 0) is 59.8 Å². The number of aromatic nitrogens is 1. The number of pyridine rings is 1. The van der Waals surface area contributed by atoms with Crippen LogP contribution in [0.3, 0.4) is 0 Å². The highest BCUT2D eigenvalue weighted by Crippen LogP contribution is 2.24. The molecule has 0 saturated heterocycles. The molecule has 2 rings (SSSR count). The molecule has 21 heavy (non-hydrogen) atoms. The molecule has 1 fully saturated rings. The van der Waals surface area contributed by atoms with Gasteiger partial charge in [-0.3, -0.25) is 4.98 Å². The van der Waals surface area contributed by atoms with Gasteiger partial charge in [-0.15, -0.1) is 0 Å². The van der Waals surface area contributed by atoms with Gasteiger partial charge >= 0.3 is 0 Å². The van der Waals surface area contributed by atoms with Gasteiger partial charge in [0.05, 0.1) is 0 Å². The van der Waals surface area contributed by atoms with Crippen LogP contribution in [-0.4, -0.2) is 49.7 Å². The second kappa shape index (κ2) is 7.76. The third-order valence-electron chi connectivity index (χ3n) is 4.01. The molecule has 0 atom stereocenters.